The van der Waals surface area contributed by atoms with Crippen LogP contribution >= 0.6 is 24.0 Å². The van der Waals surface area contributed by atoms with E-state index in [4.69, 9.17) is 0 Å². The molecular formula is C18H29IN4O. The van der Waals surface area contributed by atoms with Crippen LogP contribution in [0.3, 0.4) is 0 Å². The zero-order valence-corrected chi connectivity index (χ0v) is 17.3. The molecule has 1 rings (SSSR count). The first-order valence-corrected chi connectivity index (χ1v) is 7.86. The molecule has 0 radical (unpaired) electrons. The van der Waals surface area contributed by atoms with Crippen LogP contribution in [0.2, 0.25) is 0 Å². The molecule has 0 aliphatic rings. The minimum Gasteiger partial charge on any atom is -0.353 e. The second kappa shape index (κ2) is 11.9. The van der Waals surface area contributed by atoms with Gasteiger partial charge in [0.2, 0.25) is 5.91 Å². The number of nitrogens with one attached hydrogen (secondary N) is 2. The SMILES string of the molecule is C=CCNC(=NCC(=O)N(C)C)NC(C)C(C)c1ccccc1.I. The summed E-state index contributed by atoms with van der Waals surface area (Å²) >= 11 is 0. The summed E-state index contributed by atoms with van der Waals surface area (Å²) in [5, 5.41) is 6.52. The highest BCUT2D eigenvalue weighted by molar-refractivity contribution is 14.0. The van der Waals surface area contributed by atoms with Gasteiger partial charge in [-0.2, -0.15) is 0 Å². The highest BCUT2D eigenvalue weighted by atomic mass is 127. The summed E-state index contributed by atoms with van der Waals surface area (Å²) in [4.78, 5) is 17.6. The van der Waals surface area contributed by atoms with Gasteiger partial charge in [-0.25, -0.2) is 4.99 Å². The Morgan fingerprint density at radius 3 is 2.46 bits per heavy atom. The molecule has 2 atom stereocenters. The number of hydrogen-bond donors (Lipinski definition) is 2. The first-order valence-electron chi connectivity index (χ1n) is 7.86. The lowest BCUT2D eigenvalue weighted by Crippen LogP contribution is -2.44. The minimum absolute atomic E-state index is 0. The Hall–Kier alpha value is -1.57. The van der Waals surface area contributed by atoms with Gasteiger partial charge in [-0.05, 0) is 12.5 Å². The highest BCUT2D eigenvalue weighted by Crippen LogP contribution is 2.18. The Balaban J connectivity index is 0.00000529. The second-order valence-corrected chi connectivity index (χ2v) is 5.75. The van der Waals surface area contributed by atoms with Crippen molar-refractivity contribution in [3.63, 3.8) is 0 Å². The number of rotatable bonds is 7. The van der Waals surface area contributed by atoms with E-state index < -0.39 is 0 Å². The lowest BCUT2D eigenvalue weighted by atomic mass is 9.94. The van der Waals surface area contributed by atoms with Gasteiger partial charge in [0.05, 0.1) is 0 Å². The van der Waals surface area contributed by atoms with Gasteiger partial charge in [-0.1, -0.05) is 43.3 Å². The second-order valence-electron chi connectivity index (χ2n) is 5.75. The van der Waals surface area contributed by atoms with Crippen LogP contribution in [-0.4, -0.2) is 50.0 Å². The molecule has 0 bridgehead atoms. The number of nitrogens with zero attached hydrogens (tertiary/aromatic N) is 2. The predicted octanol–water partition coefficient (Wildman–Crippen LogP) is 2.61. The predicted molar refractivity (Wildman–Crippen MR) is 112 cm³/mol. The van der Waals surface area contributed by atoms with Crippen molar-refractivity contribution >= 4 is 35.8 Å². The number of halogens is 1. The average molecular weight is 444 g/mol. The van der Waals surface area contributed by atoms with Gasteiger partial charge in [0.25, 0.3) is 0 Å². The molecule has 5 nitrogen and oxygen atoms in total. The molecule has 1 aromatic carbocycles. The van der Waals surface area contributed by atoms with Gasteiger partial charge < -0.3 is 15.5 Å². The van der Waals surface area contributed by atoms with E-state index in [0.29, 0.717) is 18.4 Å². The molecule has 2 N–H and O–H groups in total. The van der Waals surface area contributed by atoms with Gasteiger partial charge in [-0.3, -0.25) is 4.79 Å². The molecule has 1 amide bonds. The van der Waals surface area contributed by atoms with Crippen LogP contribution in [0.5, 0.6) is 0 Å². The monoisotopic (exact) mass is 444 g/mol. The molecule has 134 valence electrons. The van der Waals surface area contributed by atoms with Crippen LogP contribution in [-0.2, 0) is 4.79 Å². The summed E-state index contributed by atoms with van der Waals surface area (Å²) in [6.45, 7) is 8.68. The summed E-state index contributed by atoms with van der Waals surface area (Å²) in [5.41, 5.74) is 1.26. The number of benzene rings is 1. The van der Waals surface area contributed by atoms with Crippen molar-refractivity contribution in [3.05, 3.63) is 48.6 Å². The maximum Gasteiger partial charge on any atom is 0.243 e. The van der Waals surface area contributed by atoms with Crippen molar-refractivity contribution in [2.45, 2.75) is 25.8 Å². The first-order chi connectivity index (χ1) is 11.0. The zero-order valence-electron chi connectivity index (χ0n) is 15.0. The molecule has 0 aliphatic carbocycles. The summed E-state index contributed by atoms with van der Waals surface area (Å²) in [6, 6.07) is 10.5. The Morgan fingerprint density at radius 1 is 1.29 bits per heavy atom. The fraction of sp³-hybridized carbons (Fsp3) is 0.444. The molecule has 2 unspecified atom stereocenters. The van der Waals surface area contributed by atoms with E-state index in [2.05, 4.69) is 48.2 Å². The van der Waals surface area contributed by atoms with E-state index in [0.717, 1.165) is 0 Å². The fourth-order valence-electron chi connectivity index (χ4n) is 2.00. The van der Waals surface area contributed by atoms with Crippen molar-refractivity contribution in [3.8, 4) is 0 Å². The van der Waals surface area contributed by atoms with Crippen molar-refractivity contribution in [2.24, 2.45) is 4.99 Å². The minimum atomic E-state index is -0.0338. The van der Waals surface area contributed by atoms with Crippen molar-refractivity contribution < 1.29 is 4.79 Å². The molecule has 0 saturated heterocycles. The topological polar surface area (TPSA) is 56.7 Å². The molecule has 0 heterocycles. The third-order valence-corrected chi connectivity index (χ3v) is 3.72. The van der Waals surface area contributed by atoms with Crippen LogP contribution in [0.1, 0.15) is 25.3 Å². The number of hydrogen-bond acceptors (Lipinski definition) is 2. The van der Waals surface area contributed by atoms with Crippen molar-refractivity contribution in [1.82, 2.24) is 15.5 Å². The van der Waals surface area contributed by atoms with Crippen molar-refractivity contribution in [2.75, 3.05) is 27.2 Å². The summed E-state index contributed by atoms with van der Waals surface area (Å²) in [6.07, 6.45) is 1.76. The molecule has 1 aromatic rings. The van der Waals surface area contributed by atoms with E-state index in [1.54, 1.807) is 20.2 Å². The van der Waals surface area contributed by atoms with E-state index >= 15 is 0 Å². The van der Waals surface area contributed by atoms with E-state index in [-0.39, 0.29) is 42.5 Å². The summed E-state index contributed by atoms with van der Waals surface area (Å²) < 4.78 is 0. The molecule has 24 heavy (non-hydrogen) atoms. The Morgan fingerprint density at radius 2 is 1.92 bits per heavy atom. The number of guanidine groups is 1. The maximum absolute atomic E-state index is 11.7. The van der Waals surface area contributed by atoms with Crippen LogP contribution < -0.4 is 10.6 Å². The van der Waals surface area contributed by atoms with E-state index in [1.165, 1.54) is 10.5 Å². The number of likely N-dealkylation sites (N-methyl/N-ethyl adjacent to an activating group) is 1. The maximum atomic E-state index is 11.7. The standard InChI is InChI=1S/C18H28N4O.HI/c1-6-12-19-18(20-13-17(23)22(4)5)21-15(3)14(2)16-10-8-7-9-11-16;/h6-11,14-15H,1,12-13H2,2-5H3,(H2,19,20,21);1H. The lowest BCUT2D eigenvalue weighted by molar-refractivity contribution is -0.127. The molecule has 0 fully saturated rings. The number of carbonyl (C=O) groups excluding carboxylic acids is 1. The van der Waals surface area contributed by atoms with Gasteiger partial charge in [0.15, 0.2) is 5.96 Å². The Labute approximate surface area is 162 Å². The summed E-state index contributed by atoms with van der Waals surface area (Å²) in [7, 11) is 3.45. The zero-order chi connectivity index (χ0) is 17.2. The van der Waals surface area contributed by atoms with Crippen LogP contribution in [0.4, 0.5) is 0 Å². The molecule has 0 aromatic heterocycles. The average Bonchev–Trinajstić information content (AvgIpc) is 2.56. The molecule has 0 saturated carbocycles. The van der Waals surface area contributed by atoms with Crippen LogP contribution in [0, 0.1) is 0 Å². The van der Waals surface area contributed by atoms with Gasteiger partial charge >= 0.3 is 0 Å². The first kappa shape index (κ1) is 22.4. The molecule has 0 spiro atoms. The molecule has 0 aliphatic heterocycles. The largest absolute Gasteiger partial charge is 0.353 e. The van der Waals surface area contributed by atoms with Crippen LogP contribution in [0.25, 0.3) is 0 Å². The van der Waals surface area contributed by atoms with E-state index in [1.807, 2.05) is 18.2 Å². The van der Waals surface area contributed by atoms with Gasteiger partial charge in [0, 0.05) is 32.6 Å². The highest BCUT2D eigenvalue weighted by Gasteiger charge is 2.15. The smallest absolute Gasteiger partial charge is 0.243 e. The van der Waals surface area contributed by atoms with Crippen LogP contribution in [0.15, 0.2) is 48.0 Å². The Kier molecular flexibility index (Phi) is 11.1. The summed E-state index contributed by atoms with van der Waals surface area (Å²) in [5.74, 6) is 0.903. The molecular weight excluding hydrogens is 415 g/mol. The van der Waals surface area contributed by atoms with E-state index in [9.17, 15) is 4.79 Å². The number of aliphatic imine (C=N–C) groups is 1. The third-order valence-electron chi connectivity index (χ3n) is 3.72. The number of carbonyl (C=O) groups is 1. The van der Waals surface area contributed by atoms with Gasteiger partial charge in [-0.15, -0.1) is 30.6 Å². The Bertz CT molecular complexity index is 531. The van der Waals surface area contributed by atoms with Gasteiger partial charge in [0.1, 0.15) is 6.54 Å². The fourth-order valence-corrected chi connectivity index (χ4v) is 2.00. The normalized spacial score (nSPS) is 13.2. The third kappa shape index (κ3) is 7.81. The quantitative estimate of drug-likeness (QED) is 0.294. The lowest BCUT2D eigenvalue weighted by Gasteiger charge is -2.24. The number of amides is 1. The van der Waals surface area contributed by atoms with Crippen molar-refractivity contribution in [1.29, 1.82) is 0 Å². The molecule has 6 heteroatoms.